The van der Waals surface area contributed by atoms with Gasteiger partial charge in [-0.2, -0.15) is 0 Å². The maximum Gasteiger partial charge on any atom is 0.192 e. The first-order valence-corrected chi connectivity index (χ1v) is 15.0. The summed E-state index contributed by atoms with van der Waals surface area (Å²) in [5.41, 5.74) is -0.193. The van der Waals surface area contributed by atoms with E-state index >= 15 is 0 Å². The van der Waals surface area contributed by atoms with Gasteiger partial charge in [-0.1, -0.05) is 27.7 Å². The summed E-state index contributed by atoms with van der Waals surface area (Å²) in [5.74, 6) is -0.0504. The van der Waals surface area contributed by atoms with Gasteiger partial charge in [0, 0.05) is 18.9 Å². The average Bonchev–Trinajstić information content (AvgIpc) is 3.07. The molecule has 3 aliphatic heterocycles. The van der Waals surface area contributed by atoms with Crippen LogP contribution in [0.5, 0.6) is 0 Å². The molecule has 2 unspecified atom stereocenters. The molecule has 6 heteroatoms. The van der Waals surface area contributed by atoms with Gasteiger partial charge in [-0.15, -0.1) is 0 Å². The summed E-state index contributed by atoms with van der Waals surface area (Å²) in [7, 11) is -1.76. The lowest BCUT2D eigenvalue weighted by atomic mass is 9.76. The average molecular weight is 441 g/mol. The molecule has 0 radical (unpaired) electrons. The molecule has 0 aromatic rings. The zero-order valence-corrected chi connectivity index (χ0v) is 21.6. The molecule has 0 aromatic carbocycles. The van der Waals surface area contributed by atoms with Crippen LogP contribution in [0.15, 0.2) is 0 Å². The molecule has 30 heavy (non-hydrogen) atoms. The Kier molecular flexibility index (Phi) is 5.82. The minimum absolute atomic E-state index is 0.0511. The predicted molar refractivity (Wildman–Crippen MR) is 120 cm³/mol. The third kappa shape index (κ3) is 4.17. The van der Waals surface area contributed by atoms with E-state index in [0.717, 1.165) is 32.1 Å². The highest BCUT2D eigenvalue weighted by molar-refractivity contribution is 6.74. The first kappa shape index (κ1) is 23.2. The van der Waals surface area contributed by atoms with Gasteiger partial charge in [0.1, 0.15) is 6.10 Å². The van der Waals surface area contributed by atoms with Crippen LogP contribution in [0.2, 0.25) is 18.1 Å². The van der Waals surface area contributed by atoms with Gasteiger partial charge in [0.25, 0.3) is 0 Å². The summed E-state index contributed by atoms with van der Waals surface area (Å²) >= 11 is 0. The van der Waals surface area contributed by atoms with Crippen LogP contribution < -0.4 is 0 Å². The van der Waals surface area contributed by atoms with Crippen molar-refractivity contribution in [2.75, 3.05) is 0 Å². The standard InChI is InChI=1S/C24H44O5Si/c1-15(16(2)29-30(8,9)22(3,4)5)12-17-10-11-20-24(26-17)13-18(25-20)21-19(14-24)27-23(6,7)28-21/h15-21H,10-14H2,1-9H3/t15-,16-,17?,18-,19-,20+,21?,24-/m1/s1. The van der Waals surface area contributed by atoms with Crippen molar-refractivity contribution >= 4 is 8.32 Å². The quantitative estimate of drug-likeness (QED) is 0.534. The summed E-state index contributed by atoms with van der Waals surface area (Å²) in [5, 5.41) is 0.237. The Hall–Kier alpha value is 0.0169. The molecule has 4 rings (SSSR count). The fraction of sp³-hybridized carbons (Fsp3) is 1.00. The lowest BCUT2D eigenvalue weighted by molar-refractivity contribution is -0.195. The van der Waals surface area contributed by atoms with Gasteiger partial charge < -0.3 is 23.4 Å². The Balaban J connectivity index is 1.38. The molecular formula is C24H44O5Si. The first-order valence-electron chi connectivity index (χ1n) is 12.1. The van der Waals surface area contributed by atoms with Gasteiger partial charge in [0.2, 0.25) is 0 Å². The molecule has 174 valence electrons. The summed E-state index contributed by atoms with van der Waals surface area (Å²) in [6.45, 7) is 20.2. The Bertz CT molecular complexity index is 644. The number of rotatable bonds is 5. The van der Waals surface area contributed by atoms with Gasteiger partial charge in [0.05, 0.1) is 30.0 Å². The molecular weight excluding hydrogens is 396 g/mol. The second kappa shape index (κ2) is 7.52. The van der Waals surface area contributed by atoms with Gasteiger partial charge >= 0.3 is 0 Å². The van der Waals surface area contributed by atoms with Crippen LogP contribution in [0, 0.1) is 5.92 Å². The van der Waals surface area contributed by atoms with Gasteiger partial charge in [-0.3, -0.25) is 0 Å². The van der Waals surface area contributed by atoms with Crippen molar-refractivity contribution in [1.82, 2.24) is 0 Å². The van der Waals surface area contributed by atoms with E-state index in [0.29, 0.717) is 5.92 Å². The predicted octanol–water partition coefficient (Wildman–Crippen LogP) is 5.42. The number of hydrogen-bond acceptors (Lipinski definition) is 5. The molecule has 0 amide bonds. The van der Waals surface area contributed by atoms with Crippen molar-refractivity contribution < 1.29 is 23.4 Å². The van der Waals surface area contributed by atoms with Crippen molar-refractivity contribution in [3.63, 3.8) is 0 Å². The van der Waals surface area contributed by atoms with Crippen LogP contribution in [-0.4, -0.2) is 56.3 Å². The highest BCUT2D eigenvalue weighted by Crippen LogP contribution is 2.54. The highest BCUT2D eigenvalue weighted by Gasteiger charge is 2.64. The summed E-state index contributed by atoms with van der Waals surface area (Å²) < 4.78 is 32.4. The van der Waals surface area contributed by atoms with Crippen molar-refractivity contribution in [1.29, 1.82) is 0 Å². The maximum atomic E-state index is 6.86. The molecule has 1 saturated carbocycles. The van der Waals surface area contributed by atoms with E-state index in [1.165, 1.54) is 0 Å². The van der Waals surface area contributed by atoms with E-state index in [9.17, 15) is 0 Å². The molecule has 0 aromatic heterocycles. The van der Waals surface area contributed by atoms with Crippen molar-refractivity contribution in [3.8, 4) is 0 Å². The molecule has 2 bridgehead atoms. The summed E-state index contributed by atoms with van der Waals surface area (Å²) in [6.07, 6.45) is 5.98. The largest absolute Gasteiger partial charge is 0.414 e. The maximum absolute atomic E-state index is 6.86. The number of hydrogen-bond donors (Lipinski definition) is 0. The van der Waals surface area contributed by atoms with E-state index in [4.69, 9.17) is 23.4 Å². The first-order chi connectivity index (χ1) is 13.7. The molecule has 5 nitrogen and oxygen atoms in total. The van der Waals surface area contributed by atoms with Gasteiger partial charge in [-0.25, -0.2) is 0 Å². The Morgan fingerprint density at radius 2 is 1.67 bits per heavy atom. The number of fused-ring (bicyclic) bond motifs is 3. The minimum atomic E-state index is -1.76. The normalized spacial score (nSPS) is 42.5. The van der Waals surface area contributed by atoms with Crippen molar-refractivity contribution in [2.45, 2.75) is 147 Å². The monoisotopic (exact) mass is 440 g/mol. The van der Waals surface area contributed by atoms with E-state index in [1.54, 1.807) is 0 Å². The zero-order valence-electron chi connectivity index (χ0n) is 20.6. The van der Waals surface area contributed by atoms with Crippen LogP contribution in [0.25, 0.3) is 0 Å². The topological polar surface area (TPSA) is 46.2 Å². The van der Waals surface area contributed by atoms with Crippen LogP contribution >= 0.6 is 0 Å². The Morgan fingerprint density at radius 1 is 1.00 bits per heavy atom. The van der Waals surface area contributed by atoms with E-state index in [2.05, 4.69) is 47.7 Å². The zero-order chi connectivity index (χ0) is 22.1. The molecule has 4 aliphatic rings. The highest BCUT2D eigenvalue weighted by atomic mass is 28.4. The fourth-order valence-electron chi connectivity index (χ4n) is 5.70. The van der Waals surface area contributed by atoms with Crippen molar-refractivity contribution in [3.05, 3.63) is 0 Å². The molecule has 1 spiro atoms. The van der Waals surface area contributed by atoms with Gasteiger partial charge in [0.15, 0.2) is 14.1 Å². The third-order valence-corrected chi connectivity index (χ3v) is 13.1. The molecule has 8 atom stereocenters. The summed E-state index contributed by atoms with van der Waals surface area (Å²) in [6, 6.07) is 0. The fourth-order valence-corrected chi connectivity index (χ4v) is 7.22. The van der Waals surface area contributed by atoms with Crippen LogP contribution in [0.3, 0.4) is 0 Å². The molecule has 1 aliphatic carbocycles. The lowest BCUT2D eigenvalue weighted by Crippen LogP contribution is -2.54. The van der Waals surface area contributed by atoms with Gasteiger partial charge in [-0.05, 0) is 64.1 Å². The molecule has 3 saturated heterocycles. The Morgan fingerprint density at radius 3 is 2.33 bits per heavy atom. The molecule has 0 N–H and O–H groups in total. The van der Waals surface area contributed by atoms with Crippen LogP contribution in [-0.2, 0) is 23.4 Å². The Labute approximate surface area is 184 Å². The number of ether oxygens (including phenoxy) is 4. The van der Waals surface area contributed by atoms with Crippen molar-refractivity contribution in [2.24, 2.45) is 5.92 Å². The second-order valence-electron chi connectivity index (χ2n) is 12.4. The van der Waals surface area contributed by atoms with Crippen LogP contribution in [0.1, 0.15) is 80.6 Å². The summed E-state index contributed by atoms with van der Waals surface area (Å²) in [4.78, 5) is 0. The smallest absolute Gasteiger partial charge is 0.192 e. The SMILES string of the molecule is C[C@H](CC1CC[C@@H]2O[C@@H]3C[C@]2(C[C@H]2OC(C)(C)OC32)O1)[C@@H](C)O[Si](C)(C)C(C)(C)C. The van der Waals surface area contributed by atoms with E-state index in [1.807, 2.05) is 13.8 Å². The molecule has 3 heterocycles. The minimum Gasteiger partial charge on any atom is -0.414 e. The lowest BCUT2D eigenvalue weighted by Gasteiger charge is -2.45. The third-order valence-electron chi connectivity index (χ3n) is 8.48. The van der Waals surface area contributed by atoms with Crippen LogP contribution in [0.4, 0.5) is 0 Å². The second-order valence-corrected chi connectivity index (χ2v) is 17.1. The van der Waals surface area contributed by atoms with E-state index < -0.39 is 14.1 Å². The molecule has 4 fully saturated rings. The van der Waals surface area contributed by atoms with E-state index in [-0.39, 0.29) is 47.3 Å².